The molecule has 1 nitrogen and oxygen atoms in total. The first kappa shape index (κ1) is 11.0. The predicted octanol–water partition coefficient (Wildman–Crippen LogP) is 2.46. The molecule has 0 fully saturated rings. The lowest BCUT2D eigenvalue weighted by Gasteiger charge is -1.76. The second kappa shape index (κ2) is 10.2. The van der Waals surface area contributed by atoms with Crippen LogP contribution in [0.1, 0.15) is 13.8 Å². The normalized spacial score (nSPS) is 6.11. The van der Waals surface area contributed by atoms with Crippen molar-refractivity contribution < 1.29 is 0 Å². The standard InChI is InChI=1S/C6H10.C2H5N/c1-4-5-6(2)3;1-3-2/h4-5H,1H2,2-3H3;1H2,2H3. The molecular weight excluding hydrogens is 110 g/mol. The molecule has 0 aliphatic rings. The van der Waals surface area contributed by atoms with Crippen LogP contribution in [0, 0.1) is 0 Å². The number of rotatable bonds is 1. The van der Waals surface area contributed by atoms with Gasteiger partial charge in [0.1, 0.15) is 0 Å². The van der Waals surface area contributed by atoms with Crippen LogP contribution in [0.25, 0.3) is 0 Å². The highest BCUT2D eigenvalue weighted by Gasteiger charge is 1.63. The van der Waals surface area contributed by atoms with Gasteiger partial charge in [0, 0.05) is 7.05 Å². The summed E-state index contributed by atoms with van der Waals surface area (Å²) in [6.07, 6.45) is 3.76. The van der Waals surface area contributed by atoms with Crippen molar-refractivity contribution in [3.63, 3.8) is 0 Å². The smallest absolute Gasteiger partial charge is 0.0269 e. The maximum Gasteiger partial charge on any atom is 0.0269 e. The van der Waals surface area contributed by atoms with Crippen molar-refractivity contribution in [2.45, 2.75) is 13.8 Å². The Morgan fingerprint density at radius 1 is 1.44 bits per heavy atom. The third-order valence-electron chi connectivity index (χ3n) is 0.451. The Kier molecular flexibility index (Phi) is 12.5. The van der Waals surface area contributed by atoms with Gasteiger partial charge in [0.05, 0.1) is 0 Å². The van der Waals surface area contributed by atoms with E-state index in [-0.39, 0.29) is 0 Å². The van der Waals surface area contributed by atoms with E-state index in [2.05, 4.69) is 18.3 Å². The molecule has 0 spiro atoms. The maximum absolute atomic E-state index is 3.52. The SMILES string of the molecule is C=CC=C(C)C.C=NC. The molecule has 0 aromatic rings. The van der Waals surface area contributed by atoms with Gasteiger partial charge in [-0.25, -0.2) is 0 Å². The molecule has 0 bridgehead atoms. The molecule has 0 aliphatic carbocycles. The summed E-state index contributed by atoms with van der Waals surface area (Å²) < 4.78 is 0. The summed E-state index contributed by atoms with van der Waals surface area (Å²) in [7, 11) is 1.64. The molecule has 0 radical (unpaired) electrons. The fourth-order valence-electron chi connectivity index (χ4n) is 0.236. The van der Waals surface area contributed by atoms with Crippen LogP contribution < -0.4 is 0 Å². The quantitative estimate of drug-likeness (QED) is 0.377. The summed E-state index contributed by atoms with van der Waals surface area (Å²) in [6, 6.07) is 0. The fourth-order valence-corrected chi connectivity index (χ4v) is 0.236. The predicted molar refractivity (Wildman–Crippen MR) is 45.1 cm³/mol. The number of allylic oxidation sites excluding steroid dienone is 3. The summed E-state index contributed by atoms with van der Waals surface area (Å²) in [5.41, 5.74) is 1.30. The Bertz CT molecular complexity index is 97.1. The minimum Gasteiger partial charge on any atom is -0.304 e. The summed E-state index contributed by atoms with van der Waals surface area (Å²) in [5, 5.41) is 0. The molecule has 0 unspecified atom stereocenters. The molecule has 0 aromatic carbocycles. The molecule has 0 aliphatic heterocycles. The molecule has 0 atom stereocenters. The lowest BCUT2D eigenvalue weighted by atomic mass is 10.3. The molecule has 0 N–H and O–H groups in total. The Morgan fingerprint density at radius 3 is 1.78 bits per heavy atom. The number of aliphatic imine (C=N–C) groups is 1. The Labute approximate surface area is 57.8 Å². The highest BCUT2D eigenvalue weighted by molar-refractivity contribution is 5.22. The topological polar surface area (TPSA) is 12.4 Å². The van der Waals surface area contributed by atoms with Gasteiger partial charge in [0.15, 0.2) is 0 Å². The van der Waals surface area contributed by atoms with Gasteiger partial charge in [0.2, 0.25) is 0 Å². The molecule has 52 valence electrons. The van der Waals surface area contributed by atoms with Gasteiger partial charge in [-0.1, -0.05) is 24.3 Å². The summed E-state index contributed by atoms with van der Waals surface area (Å²) in [5.74, 6) is 0. The zero-order valence-electron chi connectivity index (χ0n) is 6.52. The van der Waals surface area contributed by atoms with Gasteiger partial charge in [0.25, 0.3) is 0 Å². The molecular formula is C8H15N. The zero-order valence-corrected chi connectivity index (χ0v) is 6.52. The van der Waals surface area contributed by atoms with Gasteiger partial charge in [-0.15, -0.1) is 0 Å². The Hall–Kier alpha value is -0.850. The lowest BCUT2D eigenvalue weighted by molar-refractivity contribution is 1.40. The lowest BCUT2D eigenvalue weighted by Crippen LogP contribution is -1.54. The van der Waals surface area contributed by atoms with E-state index in [9.17, 15) is 0 Å². The van der Waals surface area contributed by atoms with Crippen molar-refractivity contribution in [1.29, 1.82) is 0 Å². The van der Waals surface area contributed by atoms with E-state index in [0.717, 1.165) is 0 Å². The second-order valence-corrected chi connectivity index (χ2v) is 1.80. The van der Waals surface area contributed by atoms with Crippen LogP contribution in [0.2, 0.25) is 0 Å². The third-order valence-corrected chi connectivity index (χ3v) is 0.451. The van der Waals surface area contributed by atoms with E-state index in [0.29, 0.717) is 0 Å². The van der Waals surface area contributed by atoms with Crippen LogP contribution in [-0.2, 0) is 0 Å². The van der Waals surface area contributed by atoms with Crippen LogP contribution in [0.4, 0.5) is 0 Å². The average molecular weight is 125 g/mol. The first-order valence-electron chi connectivity index (χ1n) is 2.79. The van der Waals surface area contributed by atoms with Crippen molar-refractivity contribution in [3.05, 3.63) is 24.3 Å². The van der Waals surface area contributed by atoms with E-state index >= 15 is 0 Å². The average Bonchev–Trinajstić information content (AvgIpc) is 1.67. The van der Waals surface area contributed by atoms with Crippen molar-refractivity contribution >= 4 is 6.72 Å². The minimum atomic E-state index is 1.30. The Balaban J connectivity index is 0. The first-order valence-corrected chi connectivity index (χ1v) is 2.79. The molecule has 0 aromatic heterocycles. The maximum atomic E-state index is 3.52. The molecule has 0 saturated carbocycles. The largest absolute Gasteiger partial charge is 0.304 e. The van der Waals surface area contributed by atoms with Gasteiger partial charge >= 0.3 is 0 Å². The van der Waals surface area contributed by atoms with Crippen LogP contribution in [-0.4, -0.2) is 13.8 Å². The van der Waals surface area contributed by atoms with E-state index in [1.165, 1.54) is 5.57 Å². The second-order valence-electron chi connectivity index (χ2n) is 1.80. The van der Waals surface area contributed by atoms with Crippen LogP contribution in [0.5, 0.6) is 0 Å². The van der Waals surface area contributed by atoms with Crippen molar-refractivity contribution in [2.75, 3.05) is 7.05 Å². The van der Waals surface area contributed by atoms with E-state index in [1.54, 1.807) is 13.1 Å². The molecule has 0 rings (SSSR count). The Morgan fingerprint density at radius 2 is 1.78 bits per heavy atom. The van der Waals surface area contributed by atoms with Gasteiger partial charge in [-0.3, -0.25) is 0 Å². The highest BCUT2D eigenvalue weighted by atomic mass is 14.6. The number of hydrogen-bond acceptors (Lipinski definition) is 1. The highest BCUT2D eigenvalue weighted by Crippen LogP contribution is 1.85. The first-order chi connectivity index (χ1) is 4.18. The van der Waals surface area contributed by atoms with Gasteiger partial charge in [-0.05, 0) is 20.6 Å². The summed E-state index contributed by atoms with van der Waals surface area (Å²) in [6.45, 7) is 10.7. The van der Waals surface area contributed by atoms with Crippen LogP contribution in [0.15, 0.2) is 29.3 Å². The number of hydrogen-bond donors (Lipinski definition) is 0. The molecule has 9 heavy (non-hydrogen) atoms. The molecule has 0 amide bonds. The van der Waals surface area contributed by atoms with Crippen LogP contribution in [0.3, 0.4) is 0 Å². The van der Waals surface area contributed by atoms with Gasteiger partial charge < -0.3 is 4.99 Å². The van der Waals surface area contributed by atoms with Crippen molar-refractivity contribution in [3.8, 4) is 0 Å². The van der Waals surface area contributed by atoms with E-state index < -0.39 is 0 Å². The van der Waals surface area contributed by atoms with Gasteiger partial charge in [-0.2, -0.15) is 0 Å². The molecule has 1 heteroatoms. The van der Waals surface area contributed by atoms with Crippen molar-refractivity contribution in [1.82, 2.24) is 0 Å². The zero-order chi connectivity index (χ0) is 7.70. The minimum absolute atomic E-state index is 1.30. The van der Waals surface area contributed by atoms with E-state index in [4.69, 9.17) is 0 Å². The van der Waals surface area contributed by atoms with E-state index in [1.807, 2.05) is 19.9 Å². The summed E-state index contributed by atoms with van der Waals surface area (Å²) >= 11 is 0. The number of nitrogens with zero attached hydrogens (tertiary/aromatic N) is 1. The monoisotopic (exact) mass is 125 g/mol. The molecule has 0 heterocycles. The summed E-state index contributed by atoms with van der Waals surface area (Å²) in [4.78, 5) is 3.25. The fraction of sp³-hybridized carbons (Fsp3) is 0.375. The van der Waals surface area contributed by atoms with Crippen LogP contribution >= 0.6 is 0 Å². The third kappa shape index (κ3) is 41.0. The molecule has 0 saturated heterocycles. The van der Waals surface area contributed by atoms with Crippen molar-refractivity contribution in [2.24, 2.45) is 4.99 Å².